The van der Waals surface area contributed by atoms with Crippen molar-refractivity contribution in [3.05, 3.63) is 29.6 Å². The number of hydrogen-bond acceptors (Lipinski definition) is 5. The molecule has 0 unspecified atom stereocenters. The van der Waals surface area contributed by atoms with Crippen molar-refractivity contribution in [3.8, 4) is 0 Å². The van der Waals surface area contributed by atoms with Crippen LogP contribution in [0.5, 0.6) is 0 Å². The number of nitrogens with zero attached hydrogens (tertiary/aromatic N) is 2. The Morgan fingerprint density at radius 1 is 1.16 bits per heavy atom. The van der Waals surface area contributed by atoms with Crippen molar-refractivity contribution >= 4 is 11.8 Å². The molecule has 1 aromatic rings. The van der Waals surface area contributed by atoms with Gasteiger partial charge in [-0.3, -0.25) is 19.5 Å². The van der Waals surface area contributed by atoms with Gasteiger partial charge in [-0.15, -0.1) is 0 Å². The van der Waals surface area contributed by atoms with Gasteiger partial charge in [0.05, 0.1) is 13.2 Å². The summed E-state index contributed by atoms with van der Waals surface area (Å²) < 4.78 is 5.30. The number of nitrogens with one attached hydrogen (secondary N) is 2. The van der Waals surface area contributed by atoms with Gasteiger partial charge in [-0.1, -0.05) is 19.8 Å². The first-order chi connectivity index (χ1) is 12.2. The van der Waals surface area contributed by atoms with Crippen molar-refractivity contribution < 1.29 is 14.3 Å². The lowest BCUT2D eigenvalue weighted by Crippen LogP contribution is -2.41. The molecule has 7 nitrogen and oxygen atoms in total. The van der Waals surface area contributed by atoms with Gasteiger partial charge in [-0.05, 0) is 18.6 Å². The molecular weight excluding hydrogens is 320 g/mol. The lowest BCUT2D eigenvalue weighted by Gasteiger charge is -2.26. The van der Waals surface area contributed by atoms with Crippen LogP contribution in [0.2, 0.25) is 0 Å². The zero-order valence-electron chi connectivity index (χ0n) is 14.9. The van der Waals surface area contributed by atoms with Gasteiger partial charge >= 0.3 is 0 Å². The van der Waals surface area contributed by atoms with Crippen molar-refractivity contribution in [3.63, 3.8) is 0 Å². The molecule has 1 fully saturated rings. The van der Waals surface area contributed by atoms with E-state index in [2.05, 4.69) is 27.4 Å². The first-order valence-corrected chi connectivity index (χ1v) is 9.03. The Balaban J connectivity index is 1.78. The molecule has 0 radical (unpaired) electrons. The van der Waals surface area contributed by atoms with E-state index in [4.69, 9.17) is 4.74 Å². The molecule has 0 atom stereocenters. The average Bonchev–Trinajstić information content (AvgIpc) is 2.66. The average molecular weight is 348 g/mol. The van der Waals surface area contributed by atoms with Crippen LogP contribution in [0, 0.1) is 0 Å². The molecule has 1 aliphatic heterocycles. The molecule has 1 aliphatic rings. The third-order valence-corrected chi connectivity index (χ3v) is 4.14. The number of ether oxygens (including phenoxy) is 1. The summed E-state index contributed by atoms with van der Waals surface area (Å²) in [6, 6.07) is 3.17. The van der Waals surface area contributed by atoms with Crippen molar-refractivity contribution in [2.45, 2.75) is 26.2 Å². The van der Waals surface area contributed by atoms with Crippen LogP contribution >= 0.6 is 0 Å². The van der Waals surface area contributed by atoms with Crippen LogP contribution in [0.25, 0.3) is 0 Å². The minimum atomic E-state index is -0.256. The predicted octanol–water partition coefficient (Wildman–Crippen LogP) is 1.06. The molecule has 2 amide bonds. The SMILES string of the molecule is CCCCCNC(=O)c1ccnc(C(=O)NCCN2CCOCC2)c1. The molecule has 0 bridgehead atoms. The first-order valence-electron chi connectivity index (χ1n) is 9.03. The Bertz CT molecular complexity index is 559. The van der Waals surface area contributed by atoms with Gasteiger partial charge in [0.15, 0.2) is 0 Å². The number of unbranched alkanes of at least 4 members (excludes halogenated alkanes) is 2. The molecule has 0 spiro atoms. The maximum Gasteiger partial charge on any atom is 0.269 e. The number of hydrogen-bond donors (Lipinski definition) is 2. The molecule has 0 aliphatic carbocycles. The van der Waals surface area contributed by atoms with E-state index in [0.717, 1.165) is 52.1 Å². The summed E-state index contributed by atoms with van der Waals surface area (Å²) in [5.74, 6) is -0.422. The van der Waals surface area contributed by atoms with Crippen LogP contribution in [0.3, 0.4) is 0 Å². The minimum absolute atomic E-state index is 0.166. The van der Waals surface area contributed by atoms with Gasteiger partial charge in [0.1, 0.15) is 5.69 Å². The van der Waals surface area contributed by atoms with E-state index in [1.54, 1.807) is 12.1 Å². The highest BCUT2D eigenvalue weighted by Gasteiger charge is 2.13. The van der Waals surface area contributed by atoms with Gasteiger partial charge in [0, 0.05) is 44.5 Å². The Morgan fingerprint density at radius 3 is 2.68 bits per heavy atom. The van der Waals surface area contributed by atoms with E-state index in [1.807, 2.05) is 0 Å². The molecule has 2 heterocycles. The van der Waals surface area contributed by atoms with E-state index < -0.39 is 0 Å². The molecule has 25 heavy (non-hydrogen) atoms. The maximum atomic E-state index is 12.2. The summed E-state index contributed by atoms with van der Waals surface area (Å²) in [6.45, 7) is 7.37. The topological polar surface area (TPSA) is 83.6 Å². The predicted molar refractivity (Wildman–Crippen MR) is 95.7 cm³/mol. The number of amides is 2. The Labute approximate surface area is 149 Å². The van der Waals surface area contributed by atoms with Crippen LogP contribution < -0.4 is 10.6 Å². The monoisotopic (exact) mass is 348 g/mol. The highest BCUT2D eigenvalue weighted by atomic mass is 16.5. The van der Waals surface area contributed by atoms with Gasteiger partial charge in [-0.25, -0.2) is 0 Å². The summed E-state index contributed by atoms with van der Waals surface area (Å²) in [6.07, 6.45) is 4.66. The van der Waals surface area contributed by atoms with Crippen LogP contribution in [0.15, 0.2) is 18.3 Å². The fourth-order valence-corrected chi connectivity index (χ4v) is 2.62. The normalized spacial score (nSPS) is 14.9. The number of pyridine rings is 1. The van der Waals surface area contributed by atoms with Crippen LogP contribution in [0.1, 0.15) is 47.0 Å². The van der Waals surface area contributed by atoms with E-state index in [-0.39, 0.29) is 17.5 Å². The summed E-state index contributed by atoms with van der Waals surface area (Å²) in [7, 11) is 0. The molecule has 0 saturated carbocycles. The van der Waals surface area contributed by atoms with Gasteiger partial charge in [0.25, 0.3) is 11.8 Å². The second-order valence-corrected chi connectivity index (χ2v) is 6.10. The highest BCUT2D eigenvalue weighted by molar-refractivity contribution is 5.98. The molecule has 1 aromatic heterocycles. The van der Waals surface area contributed by atoms with Gasteiger partial charge in [-0.2, -0.15) is 0 Å². The summed E-state index contributed by atoms with van der Waals surface area (Å²) in [5.41, 5.74) is 0.730. The zero-order chi connectivity index (χ0) is 17.9. The lowest BCUT2D eigenvalue weighted by atomic mass is 10.2. The first kappa shape index (κ1) is 19.3. The Kier molecular flexibility index (Phi) is 8.34. The third-order valence-electron chi connectivity index (χ3n) is 4.14. The molecular formula is C18H28N4O3. The smallest absolute Gasteiger partial charge is 0.269 e. The van der Waals surface area contributed by atoms with Crippen LogP contribution in [-0.2, 0) is 4.74 Å². The van der Waals surface area contributed by atoms with E-state index in [1.165, 1.54) is 6.20 Å². The molecule has 138 valence electrons. The Hall–Kier alpha value is -1.99. The fraction of sp³-hybridized carbons (Fsp3) is 0.611. The molecule has 0 aromatic carbocycles. The quantitative estimate of drug-likeness (QED) is 0.652. The summed E-state index contributed by atoms with van der Waals surface area (Å²) >= 11 is 0. The standard InChI is InChI=1S/C18H28N4O3/c1-2-3-4-6-20-17(23)15-5-7-19-16(14-15)18(24)21-8-9-22-10-12-25-13-11-22/h5,7,14H,2-4,6,8-13H2,1H3,(H,20,23)(H,21,24). The number of morpholine rings is 1. The molecule has 7 heteroatoms. The van der Waals surface area contributed by atoms with E-state index >= 15 is 0 Å². The van der Waals surface area contributed by atoms with E-state index in [0.29, 0.717) is 18.7 Å². The summed E-state index contributed by atoms with van der Waals surface area (Å²) in [5, 5.41) is 5.73. The second-order valence-electron chi connectivity index (χ2n) is 6.10. The van der Waals surface area contributed by atoms with Gasteiger partial charge < -0.3 is 15.4 Å². The van der Waals surface area contributed by atoms with Gasteiger partial charge in [0.2, 0.25) is 0 Å². The Morgan fingerprint density at radius 2 is 1.92 bits per heavy atom. The maximum absolute atomic E-state index is 12.2. The van der Waals surface area contributed by atoms with Crippen LogP contribution in [0.4, 0.5) is 0 Å². The minimum Gasteiger partial charge on any atom is -0.379 e. The van der Waals surface area contributed by atoms with Crippen molar-refractivity contribution in [2.75, 3.05) is 45.9 Å². The number of aromatic nitrogens is 1. The second kappa shape index (κ2) is 10.8. The third kappa shape index (κ3) is 6.80. The largest absolute Gasteiger partial charge is 0.379 e. The highest BCUT2D eigenvalue weighted by Crippen LogP contribution is 2.03. The number of carbonyl (C=O) groups excluding carboxylic acids is 2. The van der Waals surface area contributed by atoms with Crippen molar-refractivity contribution in [2.24, 2.45) is 0 Å². The molecule has 2 rings (SSSR count). The number of rotatable bonds is 9. The fourth-order valence-electron chi connectivity index (χ4n) is 2.62. The number of carbonyl (C=O) groups is 2. The lowest BCUT2D eigenvalue weighted by molar-refractivity contribution is 0.0383. The van der Waals surface area contributed by atoms with E-state index in [9.17, 15) is 9.59 Å². The summed E-state index contributed by atoms with van der Waals surface area (Å²) in [4.78, 5) is 30.6. The van der Waals surface area contributed by atoms with Crippen molar-refractivity contribution in [1.29, 1.82) is 0 Å². The molecule has 1 saturated heterocycles. The zero-order valence-corrected chi connectivity index (χ0v) is 14.9. The van der Waals surface area contributed by atoms with Crippen LogP contribution in [-0.4, -0.2) is 67.6 Å². The van der Waals surface area contributed by atoms with Crippen molar-refractivity contribution in [1.82, 2.24) is 20.5 Å². The molecule has 2 N–H and O–H groups in total.